The molecule has 2 unspecified atom stereocenters. The van der Waals surface area contributed by atoms with Gasteiger partial charge in [-0.25, -0.2) is 0 Å². The summed E-state index contributed by atoms with van der Waals surface area (Å²) in [6.07, 6.45) is 7.28. The molecule has 0 radical (unpaired) electrons. The molecule has 0 amide bonds. The minimum Gasteiger partial charge on any atom is -0.481 e. The summed E-state index contributed by atoms with van der Waals surface area (Å²) in [4.78, 5) is 20.9. The topological polar surface area (TPSA) is 93.1 Å². The maximum absolute atomic E-state index is 10.4. The Morgan fingerprint density at radius 1 is 0.783 bits per heavy atom. The molecule has 2 N–H and O–H groups in total. The summed E-state index contributed by atoms with van der Waals surface area (Å²) in [6.45, 7) is 4.66. The van der Waals surface area contributed by atoms with Crippen LogP contribution in [0.15, 0.2) is 0 Å². The van der Waals surface area contributed by atoms with Crippen molar-refractivity contribution < 1.29 is 29.3 Å². The van der Waals surface area contributed by atoms with Crippen LogP contribution in [0.4, 0.5) is 0 Å². The maximum atomic E-state index is 10.4. The lowest BCUT2D eigenvalue weighted by molar-refractivity contribution is -0.139. The predicted octanol–water partition coefficient (Wildman–Crippen LogP) is 3.48. The molecule has 0 saturated heterocycles. The Balaban J connectivity index is 3.66. The van der Waals surface area contributed by atoms with Gasteiger partial charge in [-0.05, 0) is 25.7 Å². The van der Waals surface area contributed by atoms with Gasteiger partial charge in [-0.2, -0.15) is 0 Å². The van der Waals surface area contributed by atoms with Crippen molar-refractivity contribution in [3.05, 3.63) is 0 Å². The van der Waals surface area contributed by atoms with Crippen LogP contribution in [0.1, 0.15) is 71.6 Å². The van der Waals surface area contributed by atoms with E-state index in [1.54, 1.807) is 0 Å². The summed E-state index contributed by atoms with van der Waals surface area (Å²) in [7, 11) is 0. The SMILES string of the molecule is CCC(CCCCCC(CC)OCCC(=O)O)OCCC(=O)O. The van der Waals surface area contributed by atoms with Crippen LogP contribution in [0, 0.1) is 0 Å². The molecule has 136 valence electrons. The van der Waals surface area contributed by atoms with E-state index in [1.807, 2.05) is 0 Å². The molecule has 0 aliphatic rings. The standard InChI is InChI=1S/C17H32O6/c1-3-14(22-12-10-16(18)19)8-6-5-7-9-15(4-2)23-13-11-17(20)21/h14-15H,3-13H2,1-2H3,(H,18,19)(H,20,21). The van der Waals surface area contributed by atoms with Gasteiger partial charge in [0.1, 0.15) is 0 Å². The lowest BCUT2D eigenvalue weighted by Gasteiger charge is -2.17. The highest BCUT2D eigenvalue weighted by molar-refractivity contribution is 5.67. The highest BCUT2D eigenvalue weighted by Crippen LogP contribution is 2.14. The van der Waals surface area contributed by atoms with Crippen molar-refractivity contribution in [1.82, 2.24) is 0 Å². The van der Waals surface area contributed by atoms with Gasteiger partial charge in [0.2, 0.25) is 0 Å². The number of rotatable bonds is 16. The summed E-state index contributed by atoms with van der Waals surface area (Å²) in [5, 5.41) is 17.2. The molecule has 0 aromatic carbocycles. The third-order valence-electron chi connectivity index (χ3n) is 3.80. The largest absolute Gasteiger partial charge is 0.481 e. The number of unbranched alkanes of at least 4 members (excludes halogenated alkanes) is 2. The normalized spacial score (nSPS) is 13.7. The van der Waals surface area contributed by atoms with E-state index in [0.29, 0.717) is 0 Å². The zero-order valence-electron chi connectivity index (χ0n) is 14.5. The van der Waals surface area contributed by atoms with Crippen LogP contribution < -0.4 is 0 Å². The highest BCUT2D eigenvalue weighted by Gasteiger charge is 2.10. The summed E-state index contributed by atoms with van der Waals surface area (Å²) in [5.41, 5.74) is 0. The van der Waals surface area contributed by atoms with Crippen molar-refractivity contribution in [1.29, 1.82) is 0 Å². The zero-order chi connectivity index (χ0) is 17.5. The van der Waals surface area contributed by atoms with E-state index in [4.69, 9.17) is 19.7 Å². The van der Waals surface area contributed by atoms with Gasteiger partial charge < -0.3 is 19.7 Å². The first-order chi connectivity index (χ1) is 11.0. The van der Waals surface area contributed by atoms with Crippen molar-refractivity contribution in [3.63, 3.8) is 0 Å². The third-order valence-corrected chi connectivity index (χ3v) is 3.80. The Morgan fingerprint density at radius 3 is 1.48 bits per heavy atom. The maximum Gasteiger partial charge on any atom is 0.305 e. The molecule has 6 nitrogen and oxygen atoms in total. The van der Waals surface area contributed by atoms with Crippen molar-refractivity contribution >= 4 is 11.9 Å². The molecular weight excluding hydrogens is 300 g/mol. The first-order valence-corrected chi connectivity index (χ1v) is 8.66. The Hall–Kier alpha value is -1.14. The lowest BCUT2D eigenvalue weighted by Crippen LogP contribution is -2.15. The lowest BCUT2D eigenvalue weighted by atomic mass is 10.0. The second kappa shape index (κ2) is 14.5. The number of hydrogen-bond acceptors (Lipinski definition) is 4. The molecule has 0 saturated carbocycles. The van der Waals surface area contributed by atoms with Gasteiger partial charge in [0, 0.05) is 0 Å². The van der Waals surface area contributed by atoms with E-state index < -0.39 is 11.9 Å². The van der Waals surface area contributed by atoms with Gasteiger partial charge >= 0.3 is 11.9 Å². The molecule has 2 atom stereocenters. The molecule has 6 heteroatoms. The van der Waals surface area contributed by atoms with Crippen LogP contribution in [0.2, 0.25) is 0 Å². The molecule has 0 bridgehead atoms. The number of aliphatic carboxylic acids is 2. The van der Waals surface area contributed by atoms with Crippen molar-refractivity contribution in [3.8, 4) is 0 Å². The fraction of sp³-hybridized carbons (Fsp3) is 0.882. The molecule has 23 heavy (non-hydrogen) atoms. The quantitative estimate of drug-likeness (QED) is 0.420. The van der Waals surface area contributed by atoms with Gasteiger partial charge in [-0.3, -0.25) is 9.59 Å². The number of ether oxygens (including phenoxy) is 2. The average Bonchev–Trinajstić information content (AvgIpc) is 2.50. The fourth-order valence-corrected chi connectivity index (χ4v) is 2.36. The predicted molar refractivity (Wildman–Crippen MR) is 87.7 cm³/mol. The molecule has 0 spiro atoms. The molecule has 0 aromatic heterocycles. The fourth-order valence-electron chi connectivity index (χ4n) is 2.36. The second-order valence-corrected chi connectivity index (χ2v) is 5.73. The first-order valence-electron chi connectivity index (χ1n) is 8.66. The summed E-state index contributed by atoms with van der Waals surface area (Å²) < 4.78 is 11.1. The Bertz CT molecular complexity index is 288. The van der Waals surface area contributed by atoms with Crippen LogP contribution in [0.5, 0.6) is 0 Å². The molecule has 0 aliphatic carbocycles. The van der Waals surface area contributed by atoms with Gasteiger partial charge in [-0.15, -0.1) is 0 Å². The van der Waals surface area contributed by atoms with E-state index >= 15 is 0 Å². The van der Waals surface area contributed by atoms with Gasteiger partial charge in [-0.1, -0.05) is 33.1 Å². The molecule has 0 aliphatic heterocycles. The van der Waals surface area contributed by atoms with Crippen LogP contribution in [0.3, 0.4) is 0 Å². The average molecular weight is 332 g/mol. The smallest absolute Gasteiger partial charge is 0.305 e. The minimum atomic E-state index is -0.826. The Labute approximate surface area is 139 Å². The van der Waals surface area contributed by atoms with Gasteiger partial charge in [0.05, 0.1) is 38.3 Å². The Morgan fingerprint density at radius 2 is 1.17 bits per heavy atom. The van der Waals surface area contributed by atoms with Gasteiger partial charge in [0.15, 0.2) is 0 Å². The monoisotopic (exact) mass is 332 g/mol. The van der Waals surface area contributed by atoms with Crippen LogP contribution in [-0.4, -0.2) is 47.6 Å². The van der Waals surface area contributed by atoms with Crippen molar-refractivity contribution in [2.24, 2.45) is 0 Å². The molecule has 0 rings (SSSR count). The van der Waals surface area contributed by atoms with E-state index in [0.717, 1.165) is 44.9 Å². The zero-order valence-corrected chi connectivity index (χ0v) is 14.5. The Kier molecular flexibility index (Phi) is 13.7. The first kappa shape index (κ1) is 21.9. The van der Waals surface area contributed by atoms with E-state index in [2.05, 4.69) is 13.8 Å². The highest BCUT2D eigenvalue weighted by atomic mass is 16.5. The van der Waals surface area contributed by atoms with Crippen LogP contribution in [-0.2, 0) is 19.1 Å². The van der Waals surface area contributed by atoms with Gasteiger partial charge in [0.25, 0.3) is 0 Å². The number of hydrogen-bond donors (Lipinski definition) is 2. The number of carboxylic acids is 2. The van der Waals surface area contributed by atoms with E-state index in [1.165, 1.54) is 0 Å². The molecule has 0 fully saturated rings. The van der Waals surface area contributed by atoms with E-state index in [-0.39, 0.29) is 38.3 Å². The molecular formula is C17H32O6. The summed E-state index contributed by atoms with van der Waals surface area (Å²) in [5.74, 6) is -1.65. The second-order valence-electron chi connectivity index (χ2n) is 5.73. The number of carboxylic acid groups (broad SMARTS) is 2. The van der Waals surface area contributed by atoms with Crippen LogP contribution in [0.25, 0.3) is 0 Å². The van der Waals surface area contributed by atoms with Crippen LogP contribution >= 0.6 is 0 Å². The molecule has 0 heterocycles. The third kappa shape index (κ3) is 14.2. The molecule has 0 aromatic rings. The summed E-state index contributed by atoms with van der Waals surface area (Å²) >= 11 is 0. The number of carbonyl (C=O) groups is 2. The van der Waals surface area contributed by atoms with E-state index in [9.17, 15) is 9.59 Å². The van der Waals surface area contributed by atoms with Crippen molar-refractivity contribution in [2.75, 3.05) is 13.2 Å². The van der Waals surface area contributed by atoms with Crippen molar-refractivity contribution in [2.45, 2.75) is 83.8 Å². The summed E-state index contributed by atoms with van der Waals surface area (Å²) in [6, 6.07) is 0. The minimum absolute atomic E-state index is 0.0579.